The van der Waals surface area contributed by atoms with Gasteiger partial charge in [0.15, 0.2) is 0 Å². The van der Waals surface area contributed by atoms with Crippen LogP contribution in [0.2, 0.25) is 0 Å². The predicted octanol–water partition coefficient (Wildman–Crippen LogP) is 4.28. The lowest BCUT2D eigenvalue weighted by molar-refractivity contribution is -0.117. The van der Waals surface area contributed by atoms with Gasteiger partial charge in [0.05, 0.1) is 11.9 Å². The number of pyridine rings is 2. The molecule has 160 valence electrons. The number of aliphatic imine (C=N–C) groups is 1. The molecule has 1 amide bonds. The zero-order valence-electron chi connectivity index (χ0n) is 18.3. The van der Waals surface area contributed by atoms with Crippen molar-refractivity contribution in [2.75, 3.05) is 23.4 Å². The molecule has 0 bridgehead atoms. The minimum absolute atomic E-state index is 0.0200. The molecule has 31 heavy (non-hydrogen) atoms. The molecule has 7 nitrogen and oxygen atoms in total. The number of nitrogen functional groups attached to an aromatic ring is 1. The minimum Gasteiger partial charge on any atom is -0.398 e. The van der Waals surface area contributed by atoms with Gasteiger partial charge in [0.25, 0.3) is 0 Å². The molecule has 4 rings (SSSR count). The molecule has 0 aliphatic heterocycles. The van der Waals surface area contributed by atoms with Crippen LogP contribution in [0.15, 0.2) is 41.8 Å². The van der Waals surface area contributed by atoms with Gasteiger partial charge in [-0.2, -0.15) is 0 Å². The van der Waals surface area contributed by atoms with Crippen molar-refractivity contribution in [2.24, 2.45) is 16.8 Å². The molecule has 0 radical (unpaired) electrons. The van der Waals surface area contributed by atoms with Gasteiger partial charge in [-0.05, 0) is 61.9 Å². The van der Waals surface area contributed by atoms with Crippen LogP contribution in [0.4, 0.5) is 17.2 Å². The van der Waals surface area contributed by atoms with Crippen molar-refractivity contribution in [2.45, 2.75) is 33.2 Å². The van der Waals surface area contributed by atoms with E-state index in [1.807, 2.05) is 30.7 Å². The van der Waals surface area contributed by atoms with Gasteiger partial charge >= 0.3 is 0 Å². The van der Waals surface area contributed by atoms with Crippen LogP contribution in [0.3, 0.4) is 0 Å². The quantitative estimate of drug-likeness (QED) is 0.411. The van der Waals surface area contributed by atoms with Gasteiger partial charge in [0.2, 0.25) is 5.91 Å². The minimum atomic E-state index is -0.0254. The van der Waals surface area contributed by atoms with Crippen molar-refractivity contribution in [3.63, 3.8) is 0 Å². The van der Waals surface area contributed by atoms with E-state index >= 15 is 0 Å². The number of amides is 1. The van der Waals surface area contributed by atoms with Crippen LogP contribution < -0.4 is 16.4 Å². The highest BCUT2D eigenvalue weighted by molar-refractivity contribution is 6.01. The summed E-state index contributed by atoms with van der Waals surface area (Å²) in [5, 5.41) is 8.14. The van der Waals surface area contributed by atoms with E-state index in [1.54, 1.807) is 13.2 Å². The topological polar surface area (TPSA) is 105 Å². The van der Waals surface area contributed by atoms with Crippen molar-refractivity contribution < 1.29 is 4.79 Å². The Balaban J connectivity index is 1.66. The first-order valence-corrected chi connectivity index (χ1v) is 10.5. The molecule has 1 fully saturated rings. The Morgan fingerprint density at radius 3 is 2.81 bits per heavy atom. The van der Waals surface area contributed by atoms with Crippen molar-refractivity contribution >= 4 is 40.1 Å². The summed E-state index contributed by atoms with van der Waals surface area (Å²) in [6.45, 7) is 6.27. The lowest BCUT2D eigenvalue weighted by Gasteiger charge is -2.16. The lowest BCUT2D eigenvalue weighted by Crippen LogP contribution is -2.15. The summed E-state index contributed by atoms with van der Waals surface area (Å²) >= 11 is 0. The SMILES string of the molecule is C/N=C\[C@H]1C[C@@H]1C(=O)Nc1cc2cc(-c3cncc(NC(C)C)c3C)cc(N)c2cn1. The van der Waals surface area contributed by atoms with Crippen molar-refractivity contribution in [3.8, 4) is 11.1 Å². The first-order chi connectivity index (χ1) is 14.9. The van der Waals surface area contributed by atoms with Gasteiger partial charge in [-0.1, -0.05) is 0 Å². The van der Waals surface area contributed by atoms with E-state index in [9.17, 15) is 4.79 Å². The van der Waals surface area contributed by atoms with Gasteiger partial charge in [0, 0.05) is 60.2 Å². The van der Waals surface area contributed by atoms with E-state index in [-0.39, 0.29) is 17.7 Å². The van der Waals surface area contributed by atoms with Crippen molar-refractivity contribution in [1.29, 1.82) is 0 Å². The Hall–Kier alpha value is -3.48. The number of hydrogen-bond acceptors (Lipinski definition) is 6. The van der Waals surface area contributed by atoms with E-state index in [1.165, 1.54) is 0 Å². The molecule has 7 heteroatoms. The third-order valence-electron chi connectivity index (χ3n) is 5.61. The number of anilines is 3. The van der Waals surface area contributed by atoms with Crippen LogP contribution >= 0.6 is 0 Å². The number of nitrogens with zero attached hydrogens (tertiary/aromatic N) is 3. The highest BCUT2D eigenvalue weighted by atomic mass is 16.2. The maximum atomic E-state index is 12.5. The molecular formula is C24H28N6O. The molecule has 0 unspecified atom stereocenters. The van der Waals surface area contributed by atoms with Gasteiger partial charge in [-0.15, -0.1) is 0 Å². The van der Waals surface area contributed by atoms with E-state index < -0.39 is 0 Å². The second-order valence-corrected chi connectivity index (χ2v) is 8.42. The van der Waals surface area contributed by atoms with E-state index in [2.05, 4.69) is 52.4 Å². The normalized spacial score (nSPS) is 18.0. The number of nitrogens with one attached hydrogen (secondary N) is 2. The van der Waals surface area contributed by atoms with E-state index in [0.29, 0.717) is 17.5 Å². The first kappa shape index (κ1) is 20.8. The highest BCUT2D eigenvalue weighted by Crippen LogP contribution is 2.38. The number of fused-ring (bicyclic) bond motifs is 1. The fourth-order valence-electron chi connectivity index (χ4n) is 3.87. The molecule has 2 heterocycles. The largest absolute Gasteiger partial charge is 0.398 e. The Labute approximate surface area is 182 Å². The van der Waals surface area contributed by atoms with Crippen LogP contribution in [-0.4, -0.2) is 35.2 Å². The summed E-state index contributed by atoms with van der Waals surface area (Å²) < 4.78 is 0. The number of nitrogens with two attached hydrogens (primary N) is 1. The van der Waals surface area contributed by atoms with E-state index in [0.717, 1.165) is 39.6 Å². The number of carbonyl (C=O) groups excluding carboxylic acids is 1. The Morgan fingerprint density at radius 2 is 2.06 bits per heavy atom. The maximum Gasteiger partial charge on any atom is 0.229 e. The molecule has 1 saturated carbocycles. The summed E-state index contributed by atoms with van der Waals surface area (Å²) in [5.74, 6) is 0.712. The molecule has 1 aromatic carbocycles. The van der Waals surface area contributed by atoms with Gasteiger partial charge in [-0.3, -0.25) is 9.78 Å². The summed E-state index contributed by atoms with van der Waals surface area (Å²) in [6.07, 6.45) is 8.08. The molecule has 0 spiro atoms. The monoisotopic (exact) mass is 416 g/mol. The zero-order valence-corrected chi connectivity index (χ0v) is 18.3. The second kappa shape index (κ2) is 8.34. The molecule has 0 saturated heterocycles. The Kier molecular flexibility index (Phi) is 5.59. The summed E-state index contributed by atoms with van der Waals surface area (Å²) in [7, 11) is 1.73. The average Bonchev–Trinajstić information content (AvgIpc) is 3.49. The molecular weight excluding hydrogens is 388 g/mol. The summed E-state index contributed by atoms with van der Waals surface area (Å²) in [4.78, 5) is 25.3. The zero-order chi connectivity index (χ0) is 22.1. The third kappa shape index (κ3) is 4.35. The molecule has 2 aromatic heterocycles. The van der Waals surface area contributed by atoms with Crippen LogP contribution in [0.1, 0.15) is 25.8 Å². The second-order valence-electron chi connectivity index (χ2n) is 8.42. The summed E-state index contributed by atoms with van der Waals surface area (Å²) in [6, 6.07) is 6.20. The van der Waals surface area contributed by atoms with Crippen LogP contribution in [0.25, 0.3) is 21.9 Å². The van der Waals surface area contributed by atoms with Gasteiger partial charge in [0.1, 0.15) is 5.82 Å². The fraction of sp³-hybridized carbons (Fsp3) is 0.333. The van der Waals surface area contributed by atoms with Crippen LogP contribution in [0.5, 0.6) is 0 Å². The third-order valence-corrected chi connectivity index (χ3v) is 5.61. The number of carbonyl (C=O) groups is 1. The number of rotatable bonds is 6. The Morgan fingerprint density at radius 1 is 1.26 bits per heavy atom. The number of benzene rings is 1. The summed E-state index contributed by atoms with van der Waals surface area (Å²) in [5.41, 5.74) is 11.1. The van der Waals surface area contributed by atoms with Gasteiger partial charge in [-0.25, -0.2) is 4.98 Å². The molecule has 1 aliphatic rings. The lowest BCUT2D eigenvalue weighted by atomic mass is 9.98. The molecule has 2 atom stereocenters. The van der Waals surface area contributed by atoms with Crippen molar-refractivity contribution in [3.05, 3.63) is 42.4 Å². The standard InChI is InChI=1S/C24H28N6O/c1-13(2)29-22-12-27-10-19(14(22)3)15-5-16-8-23(28-11-20(16)21(25)7-15)30-24(31)18-6-17(18)9-26-4/h5,7-13,17-18,29H,6,25H2,1-4H3,(H,28,30,31)/b26-9-/t17-,18+/m1/s1. The number of hydrogen-bond donors (Lipinski definition) is 3. The Bertz CT molecular complexity index is 1170. The predicted molar refractivity (Wildman–Crippen MR) is 128 cm³/mol. The molecule has 1 aliphatic carbocycles. The smallest absolute Gasteiger partial charge is 0.229 e. The van der Waals surface area contributed by atoms with E-state index in [4.69, 9.17) is 5.73 Å². The van der Waals surface area contributed by atoms with Gasteiger partial charge < -0.3 is 21.4 Å². The number of aromatic nitrogens is 2. The molecule has 3 aromatic rings. The first-order valence-electron chi connectivity index (χ1n) is 10.5. The fourth-order valence-corrected chi connectivity index (χ4v) is 3.87. The highest BCUT2D eigenvalue weighted by Gasteiger charge is 2.41. The van der Waals surface area contributed by atoms with Crippen molar-refractivity contribution in [1.82, 2.24) is 9.97 Å². The maximum absolute atomic E-state index is 12.5. The molecule has 4 N–H and O–H groups in total. The van der Waals surface area contributed by atoms with Crippen LogP contribution in [-0.2, 0) is 4.79 Å². The average molecular weight is 417 g/mol. The van der Waals surface area contributed by atoms with Crippen LogP contribution in [0, 0.1) is 18.8 Å².